The molecule has 2 rings (SSSR count). The molecule has 2 saturated heterocycles. The topological polar surface area (TPSA) is 38.8 Å². The fourth-order valence-electron chi connectivity index (χ4n) is 2.60. The van der Waals surface area contributed by atoms with E-state index >= 15 is 0 Å². The maximum absolute atomic E-state index is 12.4. The lowest BCUT2D eigenvalue weighted by molar-refractivity contribution is -0.148. The summed E-state index contributed by atoms with van der Waals surface area (Å²) >= 11 is 3.42. The third-order valence-corrected chi connectivity index (χ3v) is 4.23. The second-order valence-corrected chi connectivity index (χ2v) is 5.58. The molecule has 1 amide bonds. The molecule has 0 bridgehead atoms. The number of morpholine rings is 1. The van der Waals surface area contributed by atoms with Crippen LogP contribution in [0.4, 0.5) is 0 Å². The molecular formula is C12H20BrNO3. The number of amides is 1. The first-order chi connectivity index (χ1) is 8.11. The molecule has 0 radical (unpaired) electrons. The Balaban J connectivity index is 1.98. The van der Waals surface area contributed by atoms with E-state index in [9.17, 15) is 4.79 Å². The molecule has 0 spiro atoms. The van der Waals surface area contributed by atoms with Crippen LogP contribution in [0.2, 0.25) is 0 Å². The highest BCUT2D eigenvalue weighted by Gasteiger charge is 2.36. The van der Waals surface area contributed by atoms with Crippen molar-refractivity contribution < 1.29 is 14.3 Å². The van der Waals surface area contributed by atoms with Gasteiger partial charge in [-0.1, -0.05) is 15.9 Å². The molecule has 2 heterocycles. The van der Waals surface area contributed by atoms with Gasteiger partial charge in [-0.25, -0.2) is 0 Å². The average Bonchev–Trinajstić information content (AvgIpc) is 2.73. The van der Waals surface area contributed by atoms with Crippen molar-refractivity contribution in [1.29, 1.82) is 0 Å². The van der Waals surface area contributed by atoms with Crippen LogP contribution in [-0.2, 0) is 14.3 Å². The first kappa shape index (κ1) is 13.3. The molecule has 17 heavy (non-hydrogen) atoms. The summed E-state index contributed by atoms with van der Waals surface area (Å²) in [4.78, 5) is 14.3. The van der Waals surface area contributed by atoms with Crippen LogP contribution in [0.5, 0.6) is 0 Å². The number of ether oxygens (including phenoxy) is 2. The minimum Gasteiger partial charge on any atom is -0.378 e. The van der Waals surface area contributed by atoms with Crippen molar-refractivity contribution in [3.05, 3.63) is 0 Å². The van der Waals surface area contributed by atoms with Gasteiger partial charge in [-0.05, 0) is 20.3 Å². The standard InChI is InChI=1S/C12H20BrNO3/c1-8-6-14(7-10(5-13)17-8)12(15)11-3-4-16-9(11)2/h8-11H,3-7H2,1-2H3. The van der Waals surface area contributed by atoms with E-state index in [1.54, 1.807) is 0 Å². The van der Waals surface area contributed by atoms with E-state index in [0.717, 1.165) is 11.8 Å². The lowest BCUT2D eigenvalue weighted by Gasteiger charge is -2.37. The van der Waals surface area contributed by atoms with Crippen molar-refractivity contribution in [1.82, 2.24) is 4.90 Å². The molecule has 2 aliphatic rings. The van der Waals surface area contributed by atoms with Crippen molar-refractivity contribution in [3.63, 3.8) is 0 Å². The Morgan fingerprint density at radius 1 is 1.41 bits per heavy atom. The summed E-state index contributed by atoms with van der Waals surface area (Å²) in [6.45, 7) is 6.10. The van der Waals surface area contributed by atoms with Gasteiger partial charge in [0, 0.05) is 25.0 Å². The van der Waals surface area contributed by atoms with E-state index in [1.165, 1.54) is 0 Å². The quantitative estimate of drug-likeness (QED) is 0.724. The molecule has 4 unspecified atom stereocenters. The van der Waals surface area contributed by atoms with Crippen LogP contribution in [0, 0.1) is 5.92 Å². The second-order valence-electron chi connectivity index (χ2n) is 4.94. The van der Waals surface area contributed by atoms with E-state index < -0.39 is 0 Å². The number of halogens is 1. The third kappa shape index (κ3) is 3.01. The maximum atomic E-state index is 12.4. The van der Waals surface area contributed by atoms with Crippen LogP contribution in [0.3, 0.4) is 0 Å². The average molecular weight is 306 g/mol. The molecule has 98 valence electrons. The molecule has 2 aliphatic heterocycles. The third-order valence-electron chi connectivity index (χ3n) is 3.50. The molecule has 0 aromatic heterocycles. The zero-order valence-electron chi connectivity index (χ0n) is 10.4. The maximum Gasteiger partial charge on any atom is 0.228 e. The van der Waals surface area contributed by atoms with Gasteiger partial charge >= 0.3 is 0 Å². The van der Waals surface area contributed by atoms with Gasteiger partial charge in [0.25, 0.3) is 0 Å². The highest BCUT2D eigenvalue weighted by Crippen LogP contribution is 2.24. The predicted octanol–water partition coefficient (Wildman–Crippen LogP) is 1.42. The zero-order valence-corrected chi connectivity index (χ0v) is 12.0. The van der Waals surface area contributed by atoms with Crippen molar-refractivity contribution in [2.75, 3.05) is 25.0 Å². The number of nitrogens with zero attached hydrogens (tertiary/aromatic N) is 1. The Kier molecular flexibility index (Phi) is 4.44. The van der Waals surface area contributed by atoms with Gasteiger partial charge in [-0.2, -0.15) is 0 Å². The van der Waals surface area contributed by atoms with Gasteiger partial charge in [0.1, 0.15) is 0 Å². The molecule has 0 N–H and O–H groups in total. The van der Waals surface area contributed by atoms with Crippen LogP contribution in [0.25, 0.3) is 0 Å². The Labute approximate surface area is 111 Å². The Bertz CT molecular complexity index is 287. The lowest BCUT2D eigenvalue weighted by Crippen LogP contribution is -2.52. The van der Waals surface area contributed by atoms with Gasteiger partial charge in [0.15, 0.2) is 0 Å². The van der Waals surface area contributed by atoms with Gasteiger partial charge in [-0.15, -0.1) is 0 Å². The summed E-state index contributed by atoms with van der Waals surface area (Å²) in [6.07, 6.45) is 1.14. The molecule has 2 fully saturated rings. The number of hydrogen-bond donors (Lipinski definition) is 0. The minimum atomic E-state index is 0.0382. The van der Waals surface area contributed by atoms with E-state index in [4.69, 9.17) is 9.47 Å². The first-order valence-electron chi connectivity index (χ1n) is 6.23. The van der Waals surface area contributed by atoms with E-state index in [1.807, 2.05) is 18.7 Å². The molecule has 0 aromatic carbocycles. The van der Waals surface area contributed by atoms with E-state index in [2.05, 4.69) is 15.9 Å². The zero-order chi connectivity index (χ0) is 12.4. The molecular weight excluding hydrogens is 286 g/mol. The van der Waals surface area contributed by atoms with Gasteiger partial charge in [-0.3, -0.25) is 4.79 Å². The van der Waals surface area contributed by atoms with Crippen molar-refractivity contribution in [3.8, 4) is 0 Å². The molecule has 0 saturated carbocycles. The summed E-state index contributed by atoms with van der Waals surface area (Å²) in [5.74, 6) is 0.271. The Hall–Kier alpha value is -0.130. The van der Waals surface area contributed by atoms with Crippen LogP contribution < -0.4 is 0 Å². The second kappa shape index (κ2) is 5.67. The minimum absolute atomic E-state index is 0.0382. The fourth-order valence-corrected chi connectivity index (χ4v) is 2.96. The van der Waals surface area contributed by atoms with Crippen molar-refractivity contribution in [2.24, 2.45) is 5.92 Å². The summed E-state index contributed by atoms with van der Waals surface area (Å²) in [5.41, 5.74) is 0. The molecule has 0 aliphatic carbocycles. The summed E-state index contributed by atoms with van der Waals surface area (Å²) in [5, 5.41) is 0.776. The van der Waals surface area contributed by atoms with Crippen LogP contribution in [0.1, 0.15) is 20.3 Å². The van der Waals surface area contributed by atoms with Gasteiger partial charge in [0.05, 0.1) is 24.2 Å². The fraction of sp³-hybridized carbons (Fsp3) is 0.917. The van der Waals surface area contributed by atoms with E-state index in [-0.39, 0.29) is 30.1 Å². The number of carbonyl (C=O) groups excluding carboxylic acids is 1. The van der Waals surface area contributed by atoms with Gasteiger partial charge < -0.3 is 14.4 Å². The highest BCUT2D eigenvalue weighted by atomic mass is 79.9. The number of carbonyl (C=O) groups is 1. The normalized spacial score (nSPS) is 38.4. The molecule has 5 heteroatoms. The predicted molar refractivity (Wildman–Crippen MR) is 68.2 cm³/mol. The largest absolute Gasteiger partial charge is 0.378 e. The highest BCUT2D eigenvalue weighted by molar-refractivity contribution is 9.09. The Morgan fingerprint density at radius 3 is 2.76 bits per heavy atom. The lowest BCUT2D eigenvalue weighted by atomic mass is 10.00. The number of hydrogen-bond acceptors (Lipinski definition) is 3. The van der Waals surface area contributed by atoms with Crippen LogP contribution >= 0.6 is 15.9 Å². The smallest absolute Gasteiger partial charge is 0.228 e. The molecule has 4 atom stereocenters. The van der Waals surface area contributed by atoms with Crippen molar-refractivity contribution in [2.45, 2.75) is 38.6 Å². The molecule has 0 aromatic rings. The van der Waals surface area contributed by atoms with E-state index in [0.29, 0.717) is 19.7 Å². The first-order valence-corrected chi connectivity index (χ1v) is 7.35. The summed E-state index contributed by atoms with van der Waals surface area (Å²) in [6, 6.07) is 0. The monoisotopic (exact) mass is 305 g/mol. The SMILES string of the molecule is CC1CN(C(=O)C2CCOC2C)CC(CBr)O1. The summed E-state index contributed by atoms with van der Waals surface area (Å²) in [7, 11) is 0. The molecule has 4 nitrogen and oxygen atoms in total. The number of alkyl halides is 1. The van der Waals surface area contributed by atoms with Gasteiger partial charge in [0.2, 0.25) is 5.91 Å². The van der Waals surface area contributed by atoms with Crippen LogP contribution in [-0.4, -0.2) is 54.1 Å². The Morgan fingerprint density at radius 2 is 2.18 bits per heavy atom. The number of rotatable bonds is 2. The summed E-state index contributed by atoms with van der Waals surface area (Å²) < 4.78 is 11.2. The van der Waals surface area contributed by atoms with Crippen molar-refractivity contribution >= 4 is 21.8 Å². The van der Waals surface area contributed by atoms with Crippen LogP contribution in [0.15, 0.2) is 0 Å².